The van der Waals surface area contributed by atoms with Crippen molar-refractivity contribution in [2.45, 2.75) is 31.2 Å². The molecule has 4 nitrogen and oxygen atoms in total. The molecule has 0 bridgehead atoms. The zero-order valence-corrected chi connectivity index (χ0v) is 8.96. The van der Waals surface area contributed by atoms with Gasteiger partial charge in [-0.05, 0) is 12.8 Å². The highest BCUT2D eigenvalue weighted by molar-refractivity contribution is 5.82. The summed E-state index contributed by atoms with van der Waals surface area (Å²) in [5.41, 5.74) is 5.37. The van der Waals surface area contributed by atoms with Gasteiger partial charge in [-0.1, -0.05) is 0 Å². The van der Waals surface area contributed by atoms with Crippen LogP contribution in [0.3, 0.4) is 0 Å². The molecular weight excluding hydrogens is 225 g/mol. The van der Waals surface area contributed by atoms with E-state index in [4.69, 9.17) is 10.5 Å². The van der Waals surface area contributed by atoms with Crippen LogP contribution in [0.2, 0.25) is 0 Å². The molecule has 1 saturated heterocycles. The van der Waals surface area contributed by atoms with Gasteiger partial charge in [-0.3, -0.25) is 4.79 Å². The Morgan fingerprint density at radius 2 is 2.19 bits per heavy atom. The lowest BCUT2D eigenvalue weighted by Gasteiger charge is -2.38. The quantitative estimate of drug-likeness (QED) is 0.765. The van der Waals surface area contributed by atoms with Gasteiger partial charge in [0.25, 0.3) is 0 Å². The summed E-state index contributed by atoms with van der Waals surface area (Å²) in [6, 6.07) is -0.590. The Morgan fingerprint density at radius 1 is 1.56 bits per heavy atom. The maximum Gasteiger partial charge on any atom is 0.471 e. The van der Waals surface area contributed by atoms with Crippen molar-refractivity contribution in [3.05, 3.63) is 0 Å². The first-order chi connectivity index (χ1) is 7.40. The van der Waals surface area contributed by atoms with Crippen molar-refractivity contribution in [3.63, 3.8) is 0 Å². The molecule has 2 unspecified atom stereocenters. The first-order valence-electron chi connectivity index (χ1n) is 5.00. The van der Waals surface area contributed by atoms with Gasteiger partial charge in [0.15, 0.2) is 0 Å². The molecule has 0 saturated carbocycles. The van der Waals surface area contributed by atoms with Gasteiger partial charge in [-0.25, -0.2) is 0 Å². The molecule has 0 radical (unpaired) electrons. The third-order valence-corrected chi connectivity index (χ3v) is 2.78. The molecule has 1 rings (SSSR count). The van der Waals surface area contributed by atoms with E-state index < -0.39 is 18.1 Å². The summed E-state index contributed by atoms with van der Waals surface area (Å²) in [5, 5.41) is 0. The number of hydrogen-bond donors (Lipinski definition) is 1. The maximum absolute atomic E-state index is 12.3. The van der Waals surface area contributed by atoms with Crippen molar-refractivity contribution < 1.29 is 22.7 Å². The third kappa shape index (κ3) is 2.85. The lowest BCUT2D eigenvalue weighted by molar-refractivity contribution is -0.190. The van der Waals surface area contributed by atoms with Crippen molar-refractivity contribution >= 4 is 5.91 Å². The molecule has 0 aromatic rings. The Labute approximate surface area is 91.5 Å². The Bertz CT molecular complexity index is 258. The van der Waals surface area contributed by atoms with Gasteiger partial charge in [-0.15, -0.1) is 0 Å². The number of halogens is 3. The van der Waals surface area contributed by atoms with Crippen LogP contribution >= 0.6 is 0 Å². The minimum absolute atomic E-state index is 0.0156. The molecule has 7 heteroatoms. The summed E-state index contributed by atoms with van der Waals surface area (Å²) in [6.45, 7) is 0.0559. The van der Waals surface area contributed by atoms with Crippen molar-refractivity contribution in [2.75, 3.05) is 20.2 Å². The molecule has 16 heavy (non-hydrogen) atoms. The lowest BCUT2D eigenvalue weighted by Crippen LogP contribution is -2.54. The number of nitrogens with two attached hydrogens (primary N) is 1. The molecule has 2 N–H and O–H groups in total. The van der Waals surface area contributed by atoms with E-state index in [0.29, 0.717) is 12.8 Å². The monoisotopic (exact) mass is 240 g/mol. The van der Waals surface area contributed by atoms with E-state index in [0.717, 1.165) is 4.90 Å². The van der Waals surface area contributed by atoms with Gasteiger partial charge in [0.1, 0.15) is 0 Å². The van der Waals surface area contributed by atoms with Crippen LogP contribution in [0.1, 0.15) is 12.8 Å². The molecule has 0 aliphatic carbocycles. The van der Waals surface area contributed by atoms with Gasteiger partial charge < -0.3 is 15.4 Å². The van der Waals surface area contributed by atoms with Gasteiger partial charge in [-0.2, -0.15) is 13.2 Å². The average molecular weight is 240 g/mol. The van der Waals surface area contributed by atoms with Gasteiger partial charge in [0.05, 0.1) is 6.10 Å². The summed E-state index contributed by atoms with van der Waals surface area (Å²) >= 11 is 0. The van der Waals surface area contributed by atoms with E-state index >= 15 is 0 Å². The molecule has 1 heterocycles. The predicted molar refractivity (Wildman–Crippen MR) is 50.6 cm³/mol. The van der Waals surface area contributed by atoms with Gasteiger partial charge in [0.2, 0.25) is 0 Å². The number of rotatable bonds is 2. The van der Waals surface area contributed by atoms with Crippen LogP contribution in [0.15, 0.2) is 0 Å². The summed E-state index contributed by atoms with van der Waals surface area (Å²) in [4.78, 5) is 11.9. The number of amides is 1. The van der Waals surface area contributed by atoms with Gasteiger partial charge in [0, 0.05) is 26.2 Å². The van der Waals surface area contributed by atoms with Crippen LogP contribution in [0.5, 0.6) is 0 Å². The minimum Gasteiger partial charge on any atom is -0.381 e. The van der Waals surface area contributed by atoms with Crippen LogP contribution in [0.25, 0.3) is 0 Å². The van der Waals surface area contributed by atoms with Crippen molar-refractivity contribution in [1.82, 2.24) is 4.90 Å². The molecule has 1 aliphatic heterocycles. The second-order valence-corrected chi connectivity index (χ2v) is 3.77. The first kappa shape index (κ1) is 13.2. The standard InChI is InChI=1S/C9H15F3N2O2/c1-16-7-2-3-14(6(4-7)5-13)8(15)9(10,11)12/h6-7H,2-5,13H2,1H3. The van der Waals surface area contributed by atoms with E-state index in [1.165, 1.54) is 7.11 Å². The fourth-order valence-corrected chi connectivity index (χ4v) is 1.88. The third-order valence-electron chi connectivity index (χ3n) is 2.78. The van der Waals surface area contributed by atoms with E-state index in [2.05, 4.69) is 0 Å². The highest BCUT2D eigenvalue weighted by atomic mass is 19.4. The summed E-state index contributed by atoms with van der Waals surface area (Å²) in [5.74, 6) is -1.81. The second kappa shape index (κ2) is 5.01. The number of ether oxygens (including phenoxy) is 1. The molecule has 0 aromatic heterocycles. The largest absolute Gasteiger partial charge is 0.471 e. The normalized spacial score (nSPS) is 26.9. The van der Waals surface area contributed by atoms with Crippen LogP contribution in [0, 0.1) is 0 Å². The van der Waals surface area contributed by atoms with Crippen LogP contribution in [-0.2, 0) is 9.53 Å². The summed E-state index contributed by atoms with van der Waals surface area (Å²) in [6.07, 6.45) is -4.18. The van der Waals surface area contributed by atoms with Crippen molar-refractivity contribution in [3.8, 4) is 0 Å². The number of hydrogen-bond acceptors (Lipinski definition) is 3. The fourth-order valence-electron chi connectivity index (χ4n) is 1.88. The zero-order valence-electron chi connectivity index (χ0n) is 8.96. The molecule has 0 aromatic carbocycles. The van der Waals surface area contributed by atoms with Gasteiger partial charge >= 0.3 is 12.1 Å². The van der Waals surface area contributed by atoms with E-state index in [-0.39, 0.29) is 19.2 Å². The molecule has 1 aliphatic rings. The number of carbonyl (C=O) groups excluding carboxylic acids is 1. The second-order valence-electron chi connectivity index (χ2n) is 3.77. The Hall–Kier alpha value is -0.820. The predicted octanol–water partition coefficient (Wildman–Crippen LogP) is 0.513. The highest BCUT2D eigenvalue weighted by Gasteiger charge is 2.45. The lowest BCUT2D eigenvalue weighted by atomic mass is 9.99. The van der Waals surface area contributed by atoms with Crippen molar-refractivity contribution in [2.24, 2.45) is 5.73 Å². The minimum atomic E-state index is -4.83. The zero-order chi connectivity index (χ0) is 12.3. The molecule has 1 amide bonds. The molecule has 94 valence electrons. The van der Waals surface area contributed by atoms with Crippen LogP contribution in [0.4, 0.5) is 13.2 Å². The smallest absolute Gasteiger partial charge is 0.381 e. The number of carbonyl (C=O) groups is 1. The Kier molecular flexibility index (Phi) is 4.15. The first-order valence-corrected chi connectivity index (χ1v) is 5.00. The van der Waals surface area contributed by atoms with Crippen LogP contribution < -0.4 is 5.73 Å². The number of piperidine rings is 1. The summed E-state index contributed by atoms with van der Waals surface area (Å²) < 4.78 is 41.8. The highest BCUT2D eigenvalue weighted by Crippen LogP contribution is 2.25. The van der Waals surface area contributed by atoms with E-state index in [9.17, 15) is 18.0 Å². The average Bonchev–Trinajstić information content (AvgIpc) is 2.26. The fraction of sp³-hybridized carbons (Fsp3) is 0.889. The van der Waals surface area contributed by atoms with E-state index in [1.54, 1.807) is 0 Å². The summed E-state index contributed by atoms with van der Waals surface area (Å²) in [7, 11) is 1.50. The number of nitrogens with zero attached hydrogens (tertiary/aromatic N) is 1. The van der Waals surface area contributed by atoms with Crippen LogP contribution in [-0.4, -0.2) is 49.3 Å². The Balaban J connectivity index is 2.70. The molecule has 0 spiro atoms. The topological polar surface area (TPSA) is 55.6 Å². The number of likely N-dealkylation sites (tertiary alicyclic amines) is 1. The number of alkyl halides is 3. The molecular formula is C9H15F3N2O2. The Morgan fingerprint density at radius 3 is 2.62 bits per heavy atom. The maximum atomic E-state index is 12.3. The molecule has 1 fully saturated rings. The van der Waals surface area contributed by atoms with Crippen molar-refractivity contribution in [1.29, 1.82) is 0 Å². The number of methoxy groups -OCH3 is 1. The van der Waals surface area contributed by atoms with E-state index in [1.807, 2.05) is 0 Å². The SMILES string of the molecule is COC1CCN(C(=O)C(F)(F)F)C(CN)C1. The molecule has 2 atom stereocenters.